The molecule has 2 amide bonds. The number of carbonyl (C=O) groups excluding carboxylic acids is 2. The lowest BCUT2D eigenvalue weighted by molar-refractivity contribution is -0.140. The van der Waals surface area contributed by atoms with Crippen LogP contribution in [0.1, 0.15) is 18.2 Å². The fraction of sp³-hybridized carbons (Fsp3) is 0.333. The van der Waals surface area contributed by atoms with Crippen LogP contribution in [0.15, 0.2) is 24.3 Å². The summed E-state index contributed by atoms with van der Waals surface area (Å²) >= 11 is 0. The molecule has 0 spiro atoms. The molecule has 1 aliphatic heterocycles. The number of carbonyl (C=O) groups is 2. The van der Waals surface area contributed by atoms with Crippen molar-refractivity contribution in [3.63, 3.8) is 0 Å². The van der Waals surface area contributed by atoms with Crippen LogP contribution in [0.4, 0.5) is 0 Å². The van der Waals surface area contributed by atoms with Gasteiger partial charge in [-0.2, -0.15) is 0 Å². The van der Waals surface area contributed by atoms with E-state index in [4.69, 9.17) is 0 Å². The maximum atomic E-state index is 12.0. The lowest BCUT2D eigenvalue weighted by Crippen LogP contribution is -2.51. The van der Waals surface area contributed by atoms with E-state index in [0.717, 1.165) is 22.2 Å². The standard InChI is InChI=1S/C15H17N3O2/c1-9(19)18-8-13-11(7-14(18)15(20)16-2)10-5-3-4-6-12(10)17-13/h3-6,14,17H,7-8H2,1-2H3,(H,16,20). The Bertz CT molecular complexity index is 689. The number of amides is 2. The highest BCUT2D eigenvalue weighted by atomic mass is 16.2. The predicted octanol–water partition coefficient (Wildman–Crippen LogP) is 1.19. The van der Waals surface area contributed by atoms with Crippen molar-refractivity contribution in [3.8, 4) is 0 Å². The summed E-state index contributed by atoms with van der Waals surface area (Å²) < 4.78 is 0. The number of hydrogen-bond donors (Lipinski definition) is 2. The number of benzene rings is 1. The van der Waals surface area contributed by atoms with Gasteiger partial charge >= 0.3 is 0 Å². The zero-order valence-electron chi connectivity index (χ0n) is 11.6. The average Bonchev–Trinajstić information content (AvgIpc) is 2.82. The molecule has 0 bridgehead atoms. The van der Waals surface area contributed by atoms with Gasteiger partial charge in [-0.3, -0.25) is 9.59 Å². The highest BCUT2D eigenvalue weighted by molar-refractivity contribution is 5.91. The molecule has 5 nitrogen and oxygen atoms in total. The first-order valence-corrected chi connectivity index (χ1v) is 6.69. The van der Waals surface area contributed by atoms with E-state index in [1.165, 1.54) is 6.92 Å². The molecule has 3 rings (SSSR count). The molecule has 0 saturated carbocycles. The number of H-pyrrole nitrogens is 1. The summed E-state index contributed by atoms with van der Waals surface area (Å²) in [6, 6.07) is 7.60. The second-order valence-corrected chi connectivity index (χ2v) is 5.11. The second kappa shape index (κ2) is 4.67. The van der Waals surface area contributed by atoms with Gasteiger partial charge in [0, 0.05) is 37.0 Å². The Morgan fingerprint density at radius 2 is 2.10 bits per heavy atom. The molecule has 2 aromatic rings. The normalized spacial score (nSPS) is 17.9. The van der Waals surface area contributed by atoms with Gasteiger partial charge in [0.05, 0.1) is 6.54 Å². The predicted molar refractivity (Wildman–Crippen MR) is 76.1 cm³/mol. The fourth-order valence-electron chi connectivity index (χ4n) is 2.94. The Hall–Kier alpha value is -2.30. The Morgan fingerprint density at radius 1 is 1.35 bits per heavy atom. The van der Waals surface area contributed by atoms with Crippen LogP contribution in [0.3, 0.4) is 0 Å². The van der Waals surface area contributed by atoms with Crippen molar-refractivity contribution >= 4 is 22.7 Å². The Kier molecular flexibility index (Phi) is 2.97. The molecule has 2 N–H and O–H groups in total. The second-order valence-electron chi connectivity index (χ2n) is 5.11. The van der Waals surface area contributed by atoms with Gasteiger partial charge in [0.25, 0.3) is 0 Å². The molecular weight excluding hydrogens is 254 g/mol. The van der Waals surface area contributed by atoms with Gasteiger partial charge in [-0.1, -0.05) is 18.2 Å². The Morgan fingerprint density at radius 3 is 2.80 bits per heavy atom. The van der Waals surface area contributed by atoms with E-state index in [-0.39, 0.29) is 11.8 Å². The van der Waals surface area contributed by atoms with Crippen molar-refractivity contribution < 1.29 is 9.59 Å². The molecule has 104 valence electrons. The van der Waals surface area contributed by atoms with Crippen molar-refractivity contribution in [3.05, 3.63) is 35.5 Å². The first kappa shape index (κ1) is 12.7. The molecule has 20 heavy (non-hydrogen) atoms. The number of nitrogens with zero attached hydrogens (tertiary/aromatic N) is 1. The third-order valence-electron chi connectivity index (χ3n) is 3.96. The summed E-state index contributed by atoms with van der Waals surface area (Å²) in [5.74, 6) is -0.195. The topological polar surface area (TPSA) is 65.2 Å². The third-order valence-corrected chi connectivity index (χ3v) is 3.96. The van der Waals surface area contributed by atoms with Gasteiger partial charge in [-0.05, 0) is 11.6 Å². The van der Waals surface area contributed by atoms with Crippen LogP contribution < -0.4 is 5.32 Å². The van der Waals surface area contributed by atoms with E-state index in [2.05, 4.69) is 16.4 Å². The fourth-order valence-corrected chi connectivity index (χ4v) is 2.94. The van der Waals surface area contributed by atoms with E-state index in [0.29, 0.717) is 13.0 Å². The van der Waals surface area contributed by atoms with Gasteiger partial charge in [0.2, 0.25) is 11.8 Å². The highest BCUT2D eigenvalue weighted by Gasteiger charge is 2.34. The molecule has 5 heteroatoms. The summed E-state index contributed by atoms with van der Waals surface area (Å²) in [4.78, 5) is 28.8. The smallest absolute Gasteiger partial charge is 0.242 e. The SMILES string of the molecule is CNC(=O)C1Cc2c([nH]c3ccccc23)CN1C(C)=O. The number of hydrogen-bond acceptors (Lipinski definition) is 2. The monoisotopic (exact) mass is 271 g/mol. The molecule has 1 aromatic carbocycles. The van der Waals surface area contributed by atoms with E-state index in [9.17, 15) is 9.59 Å². The molecule has 1 atom stereocenters. The molecule has 1 unspecified atom stereocenters. The van der Waals surface area contributed by atoms with Crippen LogP contribution in [0.2, 0.25) is 0 Å². The maximum Gasteiger partial charge on any atom is 0.242 e. The molecule has 2 heterocycles. The van der Waals surface area contributed by atoms with Gasteiger partial charge in [-0.25, -0.2) is 0 Å². The van der Waals surface area contributed by atoms with Crippen molar-refractivity contribution in [1.29, 1.82) is 0 Å². The van der Waals surface area contributed by atoms with Crippen LogP contribution in [0.25, 0.3) is 10.9 Å². The maximum absolute atomic E-state index is 12.0. The van der Waals surface area contributed by atoms with E-state index in [1.54, 1.807) is 11.9 Å². The summed E-state index contributed by atoms with van der Waals surface area (Å²) in [7, 11) is 1.60. The Labute approximate surface area is 117 Å². The molecule has 1 aliphatic rings. The first-order valence-electron chi connectivity index (χ1n) is 6.69. The van der Waals surface area contributed by atoms with Crippen LogP contribution >= 0.6 is 0 Å². The van der Waals surface area contributed by atoms with E-state index >= 15 is 0 Å². The largest absolute Gasteiger partial charge is 0.357 e. The summed E-state index contributed by atoms with van der Waals surface area (Å²) in [5.41, 5.74) is 3.23. The summed E-state index contributed by atoms with van der Waals surface area (Å²) in [6.07, 6.45) is 0.554. The lowest BCUT2D eigenvalue weighted by atomic mass is 9.96. The first-order chi connectivity index (χ1) is 9.61. The van der Waals surface area contributed by atoms with Crippen LogP contribution in [-0.4, -0.2) is 34.8 Å². The van der Waals surface area contributed by atoms with Gasteiger partial charge in [0.15, 0.2) is 0 Å². The molecule has 0 saturated heterocycles. The number of aromatic amines is 1. The van der Waals surface area contributed by atoms with E-state index < -0.39 is 6.04 Å². The van der Waals surface area contributed by atoms with E-state index in [1.807, 2.05) is 18.2 Å². The molecular formula is C15H17N3O2. The molecule has 0 fully saturated rings. The average molecular weight is 271 g/mol. The quantitative estimate of drug-likeness (QED) is 0.818. The number of para-hydroxylation sites is 1. The molecule has 0 aliphatic carbocycles. The number of fused-ring (bicyclic) bond motifs is 3. The van der Waals surface area contributed by atoms with Gasteiger partial charge in [0.1, 0.15) is 6.04 Å². The zero-order valence-corrected chi connectivity index (χ0v) is 11.6. The van der Waals surface area contributed by atoms with Crippen LogP contribution in [0.5, 0.6) is 0 Å². The third kappa shape index (κ3) is 1.86. The number of nitrogens with one attached hydrogen (secondary N) is 2. The van der Waals surface area contributed by atoms with Crippen molar-refractivity contribution in [2.45, 2.75) is 25.9 Å². The van der Waals surface area contributed by atoms with Crippen molar-refractivity contribution in [2.24, 2.45) is 0 Å². The number of likely N-dealkylation sites (N-methyl/N-ethyl adjacent to an activating group) is 1. The minimum atomic E-state index is -0.427. The van der Waals surface area contributed by atoms with Gasteiger partial charge in [-0.15, -0.1) is 0 Å². The van der Waals surface area contributed by atoms with Crippen LogP contribution in [0, 0.1) is 0 Å². The minimum Gasteiger partial charge on any atom is -0.357 e. The molecule has 0 radical (unpaired) electrons. The zero-order chi connectivity index (χ0) is 14.3. The van der Waals surface area contributed by atoms with Crippen molar-refractivity contribution in [2.75, 3.05) is 7.05 Å². The number of aromatic nitrogens is 1. The minimum absolute atomic E-state index is 0.0806. The van der Waals surface area contributed by atoms with Crippen molar-refractivity contribution in [1.82, 2.24) is 15.2 Å². The summed E-state index contributed by atoms with van der Waals surface area (Å²) in [5, 5.41) is 3.79. The highest BCUT2D eigenvalue weighted by Crippen LogP contribution is 2.30. The summed E-state index contributed by atoms with van der Waals surface area (Å²) in [6.45, 7) is 1.96. The number of rotatable bonds is 1. The van der Waals surface area contributed by atoms with Gasteiger partial charge < -0.3 is 15.2 Å². The lowest BCUT2D eigenvalue weighted by Gasteiger charge is -2.33. The molecule has 1 aromatic heterocycles. The van der Waals surface area contributed by atoms with Crippen LogP contribution in [-0.2, 0) is 22.6 Å². The Balaban J connectivity index is 2.09.